The van der Waals surface area contributed by atoms with E-state index in [1.165, 1.54) is 0 Å². The summed E-state index contributed by atoms with van der Waals surface area (Å²) in [5.74, 6) is 1.45. The highest BCUT2D eigenvalue weighted by molar-refractivity contribution is 5.79. The molecule has 2 aromatic heterocycles. The normalized spacial score (nSPS) is 11.0. The van der Waals surface area contributed by atoms with Crippen LogP contribution in [0, 0.1) is 13.8 Å². The first-order valence-corrected chi connectivity index (χ1v) is 7.15. The van der Waals surface area contributed by atoms with Gasteiger partial charge in [-0.05, 0) is 26.0 Å². The Labute approximate surface area is 128 Å². The second kappa shape index (κ2) is 5.63. The lowest BCUT2D eigenvalue weighted by molar-refractivity contribution is -0.120. The minimum absolute atomic E-state index is 0.0681. The van der Waals surface area contributed by atoms with Gasteiger partial charge in [0.25, 0.3) is 0 Å². The molecule has 0 aliphatic heterocycles. The summed E-state index contributed by atoms with van der Waals surface area (Å²) >= 11 is 0. The van der Waals surface area contributed by atoms with E-state index < -0.39 is 0 Å². The van der Waals surface area contributed by atoms with Gasteiger partial charge in [-0.25, -0.2) is 4.98 Å². The number of nitrogens with zero attached hydrogens (tertiary/aromatic N) is 3. The Morgan fingerprint density at radius 1 is 1.32 bits per heavy atom. The lowest BCUT2D eigenvalue weighted by atomic mass is 10.1. The zero-order valence-corrected chi connectivity index (χ0v) is 12.9. The Kier molecular flexibility index (Phi) is 3.66. The number of fused-ring (bicyclic) bond motifs is 1. The van der Waals surface area contributed by atoms with Crippen LogP contribution in [0.3, 0.4) is 0 Å². The summed E-state index contributed by atoms with van der Waals surface area (Å²) in [6.07, 6.45) is 0.269. The van der Waals surface area contributed by atoms with E-state index in [0.717, 1.165) is 28.1 Å². The first-order valence-electron chi connectivity index (χ1n) is 7.15. The predicted molar refractivity (Wildman–Crippen MR) is 82.2 cm³/mol. The highest BCUT2D eigenvalue weighted by Crippen LogP contribution is 2.15. The van der Waals surface area contributed by atoms with Crippen molar-refractivity contribution in [3.05, 3.63) is 47.1 Å². The first kappa shape index (κ1) is 14.3. The Hall–Kier alpha value is -2.63. The van der Waals surface area contributed by atoms with Crippen LogP contribution in [0.5, 0.6) is 0 Å². The fourth-order valence-electron chi connectivity index (χ4n) is 2.51. The third-order valence-corrected chi connectivity index (χ3v) is 3.84. The standard InChI is InChI=1S/C16H18N4O2/c1-10-12(11(2)22-19-10)8-16(21)17-9-15-18-13-6-4-5-7-14(13)20(15)3/h4-7H,8-9H2,1-3H3,(H,17,21). The molecule has 0 aliphatic rings. The molecule has 0 spiro atoms. The molecule has 6 heteroatoms. The molecule has 0 unspecified atom stereocenters. The average molecular weight is 298 g/mol. The highest BCUT2D eigenvalue weighted by Gasteiger charge is 2.14. The van der Waals surface area contributed by atoms with Crippen LogP contribution in [0.1, 0.15) is 22.8 Å². The van der Waals surface area contributed by atoms with E-state index in [1.54, 1.807) is 0 Å². The van der Waals surface area contributed by atoms with Crippen molar-refractivity contribution in [2.24, 2.45) is 7.05 Å². The molecule has 1 N–H and O–H groups in total. The molecule has 22 heavy (non-hydrogen) atoms. The predicted octanol–water partition coefficient (Wildman–Crippen LogP) is 2.04. The number of amides is 1. The van der Waals surface area contributed by atoms with Gasteiger partial charge in [-0.2, -0.15) is 0 Å². The summed E-state index contributed by atoms with van der Waals surface area (Å²) in [7, 11) is 1.95. The van der Waals surface area contributed by atoms with Gasteiger partial charge in [-0.3, -0.25) is 4.79 Å². The summed E-state index contributed by atoms with van der Waals surface area (Å²) in [6.45, 7) is 4.05. The van der Waals surface area contributed by atoms with E-state index in [9.17, 15) is 4.79 Å². The fourth-order valence-corrected chi connectivity index (χ4v) is 2.51. The van der Waals surface area contributed by atoms with E-state index in [4.69, 9.17) is 4.52 Å². The molecular weight excluding hydrogens is 280 g/mol. The van der Waals surface area contributed by atoms with Gasteiger partial charge in [-0.1, -0.05) is 17.3 Å². The number of carbonyl (C=O) groups is 1. The Bertz CT molecular complexity index is 812. The minimum atomic E-state index is -0.0681. The van der Waals surface area contributed by atoms with Crippen LogP contribution in [0.4, 0.5) is 0 Å². The molecule has 2 heterocycles. The van der Waals surface area contributed by atoms with Crippen LogP contribution >= 0.6 is 0 Å². The third-order valence-electron chi connectivity index (χ3n) is 3.84. The summed E-state index contributed by atoms with van der Waals surface area (Å²) < 4.78 is 7.06. The molecule has 1 amide bonds. The number of hydrogen-bond donors (Lipinski definition) is 1. The van der Waals surface area contributed by atoms with Crippen molar-refractivity contribution in [3.8, 4) is 0 Å². The molecule has 0 saturated carbocycles. The van der Waals surface area contributed by atoms with Crippen LogP contribution in [-0.4, -0.2) is 20.6 Å². The maximum Gasteiger partial charge on any atom is 0.224 e. The van der Waals surface area contributed by atoms with E-state index in [0.29, 0.717) is 12.3 Å². The maximum absolute atomic E-state index is 12.1. The number of imidazole rings is 1. The van der Waals surface area contributed by atoms with Crippen LogP contribution < -0.4 is 5.32 Å². The van der Waals surface area contributed by atoms with Gasteiger partial charge in [0.2, 0.25) is 5.91 Å². The molecular formula is C16H18N4O2. The van der Waals surface area contributed by atoms with Crippen LogP contribution in [0.25, 0.3) is 11.0 Å². The van der Waals surface area contributed by atoms with Crippen molar-refractivity contribution in [2.45, 2.75) is 26.8 Å². The topological polar surface area (TPSA) is 73.0 Å². The Morgan fingerprint density at radius 2 is 2.09 bits per heavy atom. The molecule has 0 fully saturated rings. The summed E-state index contributed by atoms with van der Waals surface area (Å²) in [5.41, 5.74) is 3.59. The molecule has 0 saturated heterocycles. The van der Waals surface area contributed by atoms with Crippen molar-refractivity contribution in [2.75, 3.05) is 0 Å². The minimum Gasteiger partial charge on any atom is -0.361 e. The molecule has 0 radical (unpaired) electrons. The van der Waals surface area contributed by atoms with Gasteiger partial charge >= 0.3 is 0 Å². The fraction of sp³-hybridized carbons (Fsp3) is 0.312. The van der Waals surface area contributed by atoms with E-state index >= 15 is 0 Å². The number of benzene rings is 1. The number of hydrogen-bond acceptors (Lipinski definition) is 4. The van der Waals surface area contributed by atoms with Gasteiger partial charge < -0.3 is 14.4 Å². The van der Waals surface area contributed by atoms with Gasteiger partial charge in [-0.15, -0.1) is 0 Å². The largest absolute Gasteiger partial charge is 0.361 e. The lowest BCUT2D eigenvalue weighted by Crippen LogP contribution is -2.26. The summed E-state index contributed by atoms with van der Waals surface area (Å²) in [4.78, 5) is 16.6. The summed E-state index contributed by atoms with van der Waals surface area (Å²) in [5, 5.41) is 6.76. The first-order chi connectivity index (χ1) is 10.6. The van der Waals surface area contributed by atoms with Gasteiger partial charge in [0.1, 0.15) is 11.6 Å². The quantitative estimate of drug-likeness (QED) is 0.800. The van der Waals surface area contributed by atoms with Crippen LogP contribution in [0.2, 0.25) is 0 Å². The number of rotatable bonds is 4. The van der Waals surface area contributed by atoms with Crippen molar-refractivity contribution in [1.29, 1.82) is 0 Å². The number of carbonyl (C=O) groups excluding carboxylic acids is 1. The maximum atomic E-state index is 12.1. The van der Waals surface area contributed by atoms with E-state index in [1.807, 2.05) is 49.7 Å². The molecule has 114 valence electrons. The zero-order chi connectivity index (χ0) is 15.7. The third kappa shape index (κ3) is 2.59. The van der Waals surface area contributed by atoms with Gasteiger partial charge in [0, 0.05) is 12.6 Å². The number of nitrogens with one attached hydrogen (secondary N) is 1. The molecule has 6 nitrogen and oxygen atoms in total. The number of aromatic nitrogens is 3. The zero-order valence-electron chi connectivity index (χ0n) is 12.9. The van der Waals surface area contributed by atoms with Gasteiger partial charge in [0.15, 0.2) is 0 Å². The van der Waals surface area contributed by atoms with Gasteiger partial charge in [0.05, 0.1) is 29.7 Å². The second-order valence-corrected chi connectivity index (χ2v) is 5.33. The van der Waals surface area contributed by atoms with Crippen molar-refractivity contribution in [1.82, 2.24) is 20.0 Å². The smallest absolute Gasteiger partial charge is 0.224 e. The van der Waals surface area contributed by atoms with Crippen LogP contribution in [0.15, 0.2) is 28.8 Å². The molecule has 0 bridgehead atoms. The van der Waals surface area contributed by atoms with Crippen molar-refractivity contribution < 1.29 is 9.32 Å². The molecule has 0 atom stereocenters. The number of aryl methyl sites for hydroxylation is 3. The van der Waals surface area contributed by atoms with Crippen molar-refractivity contribution in [3.63, 3.8) is 0 Å². The van der Waals surface area contributed by atoms with Crippen LogP contribution in [-0.2, 0) is 24.8 Å². The van der Waals surface area contributed by atoms with Crippen molar-refractivity contribution >= 4 is 16.9 Å². The summed E-state index contributed by atoms with van der Waals surface area (Å²) in [6, 6.07) is 7.90. The molecule has 0 aliphatic carbocycles. The monoisotopic (exact) mass is 298 g/mol. The van der Waals surface area contributed by atoms with E-state index in [-0.39, 0.29) is 12.3 Å². The Morgan fingerprint density at radius 3 is 2.77 bits per heavy atom. The highest BCUT2D eigenvalue weighted by atomic mass is 16.5. The second-order valence-electron chi connectivity index (χ2n) is 5.33. The Balaban J connectivity index is 1.69. The molecule has 3 rings (SSSR count). The molecule has 1 aromatic carbocycles. The van der Waals surface area contributed by atoms with E-state index in [2.05, 4.69) is 15.5 Å². The average Bonchev–Trinajstić information content (AvgIpc) is 3.00. The molecule has 3 aromatic rings. The lowest BCUT2D eigenvalue weighted by Gasteiger charge is -2.05. The SMILES string of the molecule is Cc1noc(C)c1CC(=O)NCc1nc2ccccc2n1C. The number of para-hydroxylation sites is 2.